The van der Waals surface area contributed by atoms with Crippen molar-refractivity contribution >= 4 is 40.6 Å². The summed E-state index contributed by atoms with van der Waals surface area (Å²) in [6.07, 6.45) is 3.85. The van der Waals surface area contributed by atoms with Gasteiger partial charge in [0, 0.05) is 24.2 Å². The maximum absolute atomic E-state index is 16.1. The molecular formula is C29H42ClFO5S. The molecule has 0 saturated heterocycles. The van der Waals surface area contributed by atoms with Crippen LogP contribution in [-0.2, 0) is 14.3 Å². The Kier molecular flexibility index (Phi) is 7.71. The minimum atomic E-state index is -1.46. The van der Waals surface area contributed by atoms with Gasteiger partial charge in [-0.2, -0.15) is 0 Å². The maximum atomic E-state index is 16.1. The average Bonchev–Trinajstić information content (AvgIpc) is 3.05. The van der Waals surface area contributed by atoms with E-state index in [9.17, 15) is 19.8 Å². The number of fused-ring (bicyclic) bond motifs is 5. The van der Waals surface area contributed by atoms with Crippen molar-refractivity contribution in [1.29, 1.82) is 0 Å². The van der Waals surface area contributed by atoms with Crippen LogP contribution in [0.1, 0.15) is 98.8 Å². The zero-order valence-electron chi connectivity index (χ0n) is 22.7. The monoisotopic (exact) mass is 556 g/mol. The van der Waals surface area contributed by atoms with Gasteiger partial charge in [-0.05, 0) is 79.5 Å². The Morgan fingerprint density at radius 3 is 2.51 bits per heavy atom. The largest absolute Gasteiger partial charge is 0.502 e. The van der Waals surface area contributed by atoms with Crippen LogP contribution < -0.4 is 0 Å². The van der Waals surface area contributed by atoms with Crippen molar-refractivity contribution in [3.05, 3.63) is 10.6 Å². The minimum Gasteiger partial charge on any atom is -0.502 e. The van der Waals surface area contributed by atoms with Crippen molar-refractivity contribution in [3.8, 4) is 0 Å². The number of hydrogen-bond donors (Lipinski definition) is 2. The number of aliphatic hydroxyl groups excluding tert-OH is 2. The van der Waals surface area contributed by atoms with Gasteiger partial charge in [-0.1, -0.05) is 58.6 Å². The Morgan fingerprint density at radius 2 is 1.92 bits per heavy atom. The van der Waals surface area contributed by atoms with Gasteiger partial charge in [-0.15, -0.1) is 0 Å². The van der Waals surface area contributed by atoms with E-state index in [2.05, 4.69) is 13.8 Å². The summed E-state index contributed by atoms with van der Waals surface area (Å²) >= 11 is 12.0. The molecule has 5 nitrogen and oxygen atoms in total. The van der Waals surface area contributed by atoms with Crippen molar-refractivity contribution in [2.75, 3.05) is 0 Å². The first-order valence-corrected chi connectivity index (χ1v) is 14.7. The number of carbonyl (C=O) groups excluding carboxylic acids is 2. The Labute approximate surface area is 230 Å². The topological polar surface area (TPSA) is 83.8 Å². The number of alkyl halides is 1. The molecule has 0 heterocycles. The van der Waals surface area contributed by atoms with E-state index in [-0.39, 0.29) is 46.3 Å². The quantitative estimate of drug-likeness (QED) is 0.204. The zero-order chi connectivity index (χ0) is 27.6. The fourth-order valence-corrected chi connectivity index (χ4v) is 9.96. The number of esters is 1. The lowest BCUT2D eigenvalue weighted by Gasteiger charge is -2.62. The summed E-state index contributed by atoms with van der Waals surface area (Å²) in [7, 11) is 0. The summed E-state index contributed by atoms with van der Waals surface area (Å²) in [6, 6.07) is 0. The molecule has 0 aromatic carbocycles. The smallest absolute Gasteiger partial charge is 0.303 e. The number of thiocarbonyl (C=S) groups is 1. The van der Waals surface area contributed by atoms with Crippen molar-refractivity contribution in [1.82, 2.24) is 0 Å². The van der Waals surface area contributed by atoms with Gasteiger partial charge in [-0.25, -0.2) is 4.39 Å². The predicted octanol–water partition coefficient (Wildman–Crippen LogP) is 6.78. The zero-order valence-corrected chi connectivity index (χ0v) is 24.3. The van der Waals surface area contributed by atoms with Gasteiger partial charge in [0.1, 0.15) is 6.17 Å². The molecule has 0 aromatic heterocycles. The number of unbranched alkanes of at least 4 members (excludes halogenated alkanes) is 3. The van der Waals surface area contributed by atoms with E-state index in [4.69, 9.17) is 28.6 Å². The molecule has 0 bridgehead atoms. The second kappa shape index (κ2) is 9.85. The van der Waals surface area contributed by atoms with Crippen LogP contribution in [0.4, 0.5) is 4.39 Å². The molecule has 0 amide bonds. The van der Waals surface area contributed by atoms with Gasteiger partial charge in [-0.3, -0.25) is 9.59 Å². The van der Waals surface area contributed by atoms with E-state index < -0.39 is 45.9 Å². The maximum Gasteiger partial charge on any atom is 0.303 e. The molecule has 3 saturated carbocycles. The predicted molar refractivity (Wildman–Crippen MR) is 145 cm³/mol. The number of rotatable bonds is 7. The van der Waals surface area contributed by atoms with E-state index in [0.717, 1.165) is 25.7 Å². The van der Waals surface area contributed by atoms with Crippen LogP contribution in [-0.4, -0.2) is 44.9 Å². The highest BCUT2D eigenvalue weighted by Crippen LogP contribution is 2.71. The molecule has 0 radical (unpaired) electrons. The summed E-state index contributed by atoms with van der Waals surface area (Å²) in [5.74, 6) is -1.55. The lowest BCUT2D eigenvalue weighted by atomic mass is 9.43. The molecule has 4 aliphatic rings. The average molecular weight is 557 g/mol. The summed E-state index contributed by atoms with van der Waals surface area (Å²) in [5, 5.41) is 22.0. The van der Waals surface area contributed by atoms with Crippen molar-refractivity contribution in [2.24, 2.45) is 34.0 Å². The van der Waals surface area contributed by atoms with Crippen LogP contribution >= 0.6 is 23.8 Å². The van der Waals surface area contributed by atoms with E-state index >= 15 is 4.39 Å². The van der Waals surface area contributed by atoms with Crippen molar-refractivity contribution in [2.45, 2.75) is 117 Å². The van der Waals surface area contributed by atoms with Crippen LogP contribution in [0.5, 0.6) is 0 Å². The van der Waals surface area contributed by atoms with E-state index in [0.29, 0.717) is 25.7 Å². The second-order valence-corrected chi connectivity index (χ2v) is 13.7. The Hall–Kier alpha value is -1.05. The summed E-state index contributed by atoms with van der Waals surface area (Å²) in [5.41, 5.74) is -3.26. The van der Waals surface area contributed by atoms with E-state index in [1.807, 2.05) is 13.8 Å². The standard InChI is InChI=1S/C29H42ClFO5S/c1-6-7-8-9-11-29(36-16(2)32)15-26(3)21-17(13-19(31)22(26)23(30)24(29)34)18-10-12-27(4,25(35)37)28(18,5)14-20(21)33/h17-21,33H,6-15H2,1-5H3,(H,35,37)/t17-,18-,19-,20-,21+,26+,27-,28-,29?/m0/s1. The normalized spacial score (nSPS) is 45.2. The number of hydrogen-bond acceptors (Lipinski definition) is 5. The van der Waals surface area contributed by atoms with Crippen LogP contribution in [0.15, 0.2) is 10.6 Å². The summed E-state index contributed by atoms with van der Waals surface area (Å²) in [4.78, 5) is 26.0. The molecule has 0 spiro atoms. The minimum absolute atomic E-state index is 0.0465. The number of allylic oxidation sites excluding steroid dienone is 1. The number of ether oxygens (including phenoxy) is 1. The Balaban J connectivity index is 1.80. The molecule has 1 unspecified atom stereocenters. The molecule has 4 aliphatic carbocycles. The van der Waals surface area contributed by atoms with Gasteiger partial charge >= 0.3 is 5.97 Å². The molecule has 3 fully saturated rings. The molecule has 4 rings (SSSR count). The van der Waals surface area contributed by atoms with Crippen LogP contribution in [0.2, 0.25) is 0 Å². The highest BCUT2D eigenvalue weighted by atomic mass is 35.5. The number of Topliss-reactive ketones (excluding diaryl/α,β-unsaturated/α-hetero) is 1. The van der Waals surface area contributed by atoms with Crippen LogP contribution in [0.3, 0.4) is 0 Å². The van der Waals surface area contributed by atoms with E-state index in [1.165, 1.54) is 6.92 Å². The number of halogens is 2. The SMILES string of the molecule is CCCCCCC1(OC(C)=O)C[C@@]2(C)C(=C(Cl)C1=O)[C@@H](F)C[C@@H]1[C@@H]2[C@@H](O)C[C@@]2(C)[C@H]1CC[C@@]2(C)C(O)=S. The number of carbonyl (C=O) groups is 2. The molecule has 0 aromatic rings. The molecule has 37 heavy (non-hydrogen) atoms. The molecule has 9 atom stereocenters. The lowest BCUT2D eigenvalue weighted by molar-refractivity contribution is -0.183. The summed E-state index contributed by atoms with van der Waals surface area (Å²) < 4.78 is 21.9. The van der Waals surface area contributed by atoms with E-state index in [1.54, 1.807) is 0 Å². The third-order valence-corrected chi connectivity index (χ3v) is 11.8. The second-order valence-electron chi connectivity index (χ2n) is 12.9. The lowest BCUT2D eigenvalue weighted by Crippen LogP contribution is -2.63. The first-order valence-electron chi connectivity index (χ1n) is 13.9. The van der Waals surface area contributed by atoms with Gasteiger partial charge < -0.3 is 14.9 Å². The highest BCUT2D eigenvalue weighted by molar-refractivity contribution is 7.80. The van der Waals surface area contributed by atoms with Crippen molar-refractivity contribution < 1.29 is 28.9 Å². The summed E-state index contributed by atoms with van der Waals surface area (Å²) in [6.45, 7) is 9.32. The van der Waals surface area contributed by atoms with Gasteiger partial charge in [0.2, 0.25) is 5.78 Å². The van der Waals surface area contributed by atoms with Crippen LogP contribution in [0, 0.1) is 34.0 Å². The first kappa shape index (κ1) is 28.9. The Bertz CT molecular complexity index is 1020. The fourth-order valence-electron chi connectivity index (χ4n) is 9.12. The number of aliphatic hydroxyl groups is 2. The van der Waals surface area contributed by atoms with Gasteiger partial charge in [0.05, 0.1) is 11.1 Å². The molecular weight excluding hydrogens is 515 g/mol. The molecule has 0 aliphatic heterocycles. The first-order chi connectivity index (χ1) is 17.2. The van der Waals surface area contributed by atoms with Gasteiger partial charge in [0.15, 0.2) is 10.7 Å². The highest BCUT2D eigenvalue weighted by Gasteiger charge is 2.70. The molecule has 208 valence electrons. The third-order valence-electron chi connectivity index (χ3n) is 11.0. The third kappa shape index (κ3) is 4.21. The van der Waals surface area contributed by atoms with Crippen LogP contribution in [0.25, 0.3) is 0 Å². The molecule has 2 N–H and O–H groups in total. The Morgan fingerprint density at radius 1 is 1.24 bits per heavy atom. The molecule has 8 heteroatoms. The van der Waals surface area contributed by atoms with Crippen molar-refractivity contribution in [3.63, 3.8) is 0 Å². The fraction of sp³-hybridized carbons (Fsp3) is 0.828. The number of ketones is 1. The van der Waals surface area contributed by atoms with Gasteiger partial charge in [0.25, 0.3) is 0 Å².